The van der Waals surface area contributed by atoms with Crippen LogP contribution in [0.2, 0.25) is 0 Å². The van der Waals surface area contributed by atoms with Gasteiger partial charge in [0, 0.05) is 6.54 Å². The Balaban J connectivity index is 2.87. The SMILES string of the molecule is CCCC1NC(=O)C(C)(CC)N(CCCSC)C1=O. The minimum Gasteiger partial charge on any atom is -0.342 e. The van der Waals surface area contributed by atoms with Gasteiger partial charge in [-0.1, -0.05) is 20.3 Å². The Bertz CT molecular complexity index is 335. The molecule has 1 N–H and O–H groups in total. The van der Waals surface area contributed by atoms with Gasteiger partial charge in [0.25, 0.3) is 0 Å². The second kappa shape index (κ2) is 7.17. The van der Waals surface area contributed by atoms with Crippen molar-refractivity contribution in [1.29, 1.82) is 0 Å². The van der Waals surface area contributed by atoms with Crippen molar-refractivity contribution in [3.05, 3.63) is 0 Å². The zero-order valence-corrected chi connectivity index (χ0v) is 13.3. The van der Waals surface area contributed by atoms with Crippen LogP contribution in [-0.4, -0.2) is 46.8 Å². The lowest BCUT2D eigenvalue weighted by Crippen LogP contribution is -2.69. The van der Waals surface area contributed by atoms with Gasteiger partial charge in [-0.25, -0.2) is 0 Å². The summed E-state index contributed by atoms with van der Waals surface area (Å²) in [6.07, 6.45) is 5.28. The molecule has 0 aliphatic carbocycles. The van der Waals surface area contributed by atoms with Crippen LogP contribution in [0, 0.1) is 0 Å². The van der Waals surface area contributed by atoms with E-state index < -0.39 is 5.54 Å². The molecule has 110 valence electrons. The lowest BCUT2D eigenvalue weighted by Gasteiger charge is -2.46. The zero-order chi connectivity index (χ0) is 14.5. The first-order valence-corrected chi connectivity index (χ1v) is 8.52. The van der Waals surface area contributed by atoms with E-state index in [0.717, 1.165) is 25.0 Å². The van der Waals surface area contributed by atoms with Crippen LogP contribution >= 0.6 is 11.8 Å². The van der Waals surface area contributed by atoms with E-state index in [9.17, 15) is 9.59 Å². The molecule has 5 heteroatoms. The monoisotopic (exact) mass is 286 g/mol. The van der Waals surface area contributed by atoms with Crippen LogP contribution < -0.4 is 5.32 Å². The molecule has 0 spiro atoms. The number of nitrogens with one attached hydrogen (secondary N) is 1. The normalized spacial score (nSPS) is 27.6. The quantitative estimate of drug-likeness (QED) is 0.729. The number of thioether (sulfide) groups is 1. The summed E-state index contributed by atoms with van der Waals surface area (Å²) in [6.45, 7) is 6.55. The maximum Gasteiger partial charge on any atom is 0.246 e. The fraction of sp³-hybridized carbons (Fsp3) is 0.857. The zero-order valence-electron chi connectivity index (χ0n) is 12.5. The fourth-order valence-electron chi connectivity index (χ4n) is 2.49. The number of carbonyl (C=O) groups is 2. The summed E-state index contributed by atoms with van der Waals surface area (Å²) < 4.78 is 0. The highest BCUT2D eigenvalue weighted by Gasteiger charge is 2.47. The topological polar surface area (TPSA) is 49.4 Å². The molecule has 1 fully saturated rings. The Hall–Kier alpha value is -0.710. The Kier molecular flexibility index (Phi) is 6.17. The summed E-state index contributed by atoms with van der Waals surface area (Å²) in [5, 5.41) is 2.89. The molecule has 4 nitrogen and oxygen atoms in total. The van der Waals surface area contributed by atoms with E-state index in [1.807, 2.05) is 25.7 Å². The minimum atomic E-state index is -0.681. The summed E-state index contributed by atoms with van der Waals surface area (Å²) in [5.41, 5.74) is -0.681. The van der Waals surface area contributed by atoms with Crippen molar-refractivity contribution in [3.8, 4) is 0 Å². The van der Waals surface area contributed by atoms with Gasteiger partial charge < -0.3 is 10.2 Å². The Labute approximate surface area is 120 Å². The van der Waals surface area contributed by atoms with Crippen LogP contribution in [0.15, 0.2) is 0 Å². The third-order valence-electron chi connectivity index (χ3n) is 3.95. The van der Waals surface area contributed by atoms with Gasteiger partial charge >= 0.3 is 0 Å². The van der Waals surface area contributed by atoms with Crippen molar-refractivity contribution >= 4 is 23.6 Å². The predicted molar refractivity (Wildman–Crippen MR) is 80.2 cm³/mol. The number of piperazine rings is 1. The van der Waals surface area contributed by atoms with Crippen molar-refractivity contribution in [1.82, 2.24) is 10.2 Å². The van der Waals surface area contributed by atoms with E-state index in [0.29, 0.717) is 13.0 Å². The van der Waals surface area contributed by atoms with Crippen LogP contribution in [-0.2, 0) is 9.59 Å². The van der Waals surface area contributed by atoms with Gasteiger partial charge in [-0.05, 0) is 38.2 Å². The van der Waals surface area contributed by atoms with Crippen LogP contribution in [0.5, 0.6) is 0 Å². The highest BCUT2D eigenvalue weighted by molar-refractivity contribution is 7.98. The van der Waals surface area contributed by atoms with Gasteiger partial charge in [0.2, 0.25) is 11.8 Å². The fourth-order valence-corrected chi connectivity index (χ4v) is 2.91. The average molecular weight is 286 g/mol. The first-order chi connectivity index (χ1) is 9.01. The van der Waals surface area contributed by atoms with Gasteiger partial charge in [-0.3, -0.25) is 9.59 Å². The molecule has 1 aliphatic heterocycles. The van der Waals surface area contributed by atoms with Gasteiger partial charge in [-0.2, -0.15) is 11.8 Å². The van der Waals surface area contributed by atoms with Gasteiger partial charge in [0.1, 0.15) is 11.6 Å². The molecule has 1 aliphatic rings. The summed E-state index contributed by atoms with van der Waals surface area (Å²) in [7, 11) is 0. The summed E-state index contributed by atoms with van der Waals surface area (Å²) in [4.78, 5) is 26.7. The van der Waals surface area contributed by atoms with E-state index in [1.165, 1.54) is 0 Å². The molecule has 2 unspecified atom stereocenters. The molecule has 0 saturated carbocycles. The molecule has 1 saturated heterocycles. The largest absolute Gasteiger partial charge is 0.342 e. The molecule has 2 atom stereocenters. The number of hydrogen-bond donors (Lipinski definition) is 1. The van der Waals surface area contributed by atoms with E-state index in [-0.39, 0.29) is 17.9 Å². The smallest absolute Gasteiger partial charge is 0.246 e. The van der Waals surface area contributed by atoms with E-state index in [1.54, 1.807) is 11.8 Å². The van der Waals surface area contributed by atoms with E-state index >= 15 is 0 Å². The highest BCUT2D eigenvalue weighted by atomic mass is 32.2. The van der Waals surface area contributed by atoms with Crippen LogP contribution in [0.1, 0.15) is 46.5 Å². The molecule has 0 radical (unpaired) electrons. The molecule has 0 bridgehead atoms. The van der Waals surface area contributed by atoms with Gasteiger partial charge in [0.05, 0.1) is 0 Å². The Morgan fingerprint density at radius 1 is 1.37 bits per heavy atom. The van der Waals surface area contributed by atoms with Crippen molar-refractivity contribution in [2.45, 2.75) is 58.0 Å². The molecule has 0 aromatic rings. The second-order valence-corrected chi connectivity index (χ2v) is 6.26. The third-order valence-corrected chi connectivity index (χ3v) is 4.65. The van der Waals surface area contributed by atoms with Crippen LogP contribution in [0.3, 0.4) is 0 Å². The van der Waals surface area contributed by atoms with Crippen LogP contribution in [0.25, 0.3) is 0 Å². The lowest BCUT2D eigenvalue weighted by atomic mass is 9.89. The maximum absolute atomic E-state index is 12.5. The van der Waals surface area contributed by atoms with Crippen molar-refractivity contribution in [2.24, 2.45) is 0 Å². The molecule has 1 rings (SSSR count). The molecule has 0 aromatic heterocycles. The van der Waals surface area contributed by atoms with Crippen molar-refractivity contribution in [3.63, 3.8) is 0 Å². The maximum atomic E-state index is 12.5. The average Bonchev–Trinajstić information content (AvgIpc) is 2.40. The van der Waals surface area contributed by atoms with Gasteiger partial charge in [-0.15, -0.1) is 0 Å². The van der Waals surface area contributed by atoms with Crippen LogP contribution in [0.4, 0.5) is 0 Å². The first-order valence-electron chi connectivity index (χ1n) is 7.12. The lowest BCUT2D eigenvalue weighted by molar-refractivity contribution is -0.156. The second-order valence-electron chi connectivity index (χ2n) is 5.28. The van der Waals surface area contributed by atoms with Gasteiger partial charge in [0.15, 0.2) is 0 Å². The minimum absolute atomic E-state index is 0.00259. The molecule has 1 heterocycles. The summed E-state index contributed by atoms with van der Waals surface area (Å²) in [5.74, 6) is 1.10. The number of hydrogen-bond acceptors (Lipinski definition) is 3. The summed E-state index contributed by atoms with van der Waals surface area (Å²) in [6, 6.07) is -0.327. The summed E-state index contributed by atoms with van der Waals surface area (Å²) >= 11 is 1.77. The van der Waals surface area contributed by atoms with Crippen molar-refractivity contribution < 1.29 is 9.59 Å². The third kappa shape index (κ3) is 3.44. The number of nitrogens with zero attached hydrogens (tertiary/aromatic N) is 1. The van der Waals surface area contributed by atoms with Crippen molar-refractivity contribution in [2.75, 3.05) is 18.6 Å². The Morgan fingerprint density at radius 3 is 2.58 bits per heavy atom. The molecule has 19 heavy (non-hydrogen) atoms. The highest BCUT2D eigenvalue weighted by Crippen LogP contribution is 2.26. The number of carbonyl (C=O) groups excluding carboxylic acids is 2. The Morgan fingerprint density at radius 2 is 2.05 bits per heavy atom. The number of rotatable bonds is 7. The standard InChI is InChI=1S/C14H26N2O2S/c1-5-8-11-12(17)16(9-7-10-19-4)14(3,6-2)13(18)15-11/h11H,5-10H2,1-4H3,(H,15,18). The molecule has 0 aromatic carbocycles. The molecular formula is C14H26N2O2S. The number of amides is 2. The molecule has 2 amide bonds. The predicted octanol–water partition coefficient (Wildman–Crippen LogP) is 2.04. The molecular weight excluding hydrogens is 260 g/mol. The van der Waals surface area contributed by atoms with E-state index in [4.69, 9.17) is 0 Å². The first kappa shape index (κ1) is 16.3. The van der Waals surface area contributed by atoms with E-state index in [2.05, 4.69) is 11.6 Å².